The van der Waals surface area contributed by atoms with E-state index in [1.807, 2.05) is 6.92 Å². The maximum atomic E-state index is 12.3. The number of rotatable bonds is 3. The molecule has 1 aromatic heterocycles. The van der Waals surface area contributed by atoms with E-state index in [9.17, 15) is 4.79 Å². The largest absolute Gasteiger partial charge is 0.495 e. The maximum Gasteiger partial charge on any atom is 0.196 e. The molecule has 1 aromatic carbocycles. The van der Waals surface area contributed by atoms with Crippen molar-refractivity contribution in [3.63, 3.8) is 0 Å². The van der Waals surface area contributed by atoms with E-state index in [1.54, 1.807) is 31.2 Å². The van der Waals surface area contributed by atoms with Crippen molar-refractivity contribution in [1.82, 2.24) is 0 Å². The summed E-state index contributed by atoms with van der Waals surface area (Å²) >= 11 is 0. The number of hydrogen-bond acceptors (Lipinski definition) is 4. The van der Waals surface area contributed by atoms with Crippen LogP contribution in [0.5, 0.6) is 5.75 Å². The molecule has 0 fully saturated rings. The molecule has 0 saturated heterocycles. The fourth-order valence-electron chi connectivity index (χ4n) is 1.89. The van der Waals surface area contributed by atoms with Gasteiger partial charge in [-0.05, 0) is 38.1 Å². The Kier molecular flexibility index (Phi) is 3.10. The Morgan fingerprint density at radius 1 is 1.28 bits per heavy atom. The molecule has 1 heterocycles. The van der Waals surface area contributed by atoms with Crippen molar-refractivity contribution >= 4 is 11.5 Å². The quantitative estimate of drug-likeness (QED) is 0.667. The number of benzene rings is 1. The monoisotopic (exact) mass is 245 g/mol. The second kappa shape index (κ2) is 4.56. The maximum absolute atomic E-state index is 12.3. The van der Waals surface area contributed by atoms with Gasteiger partial charge >= 0.3 is 0 Å². The average Bonchev–Trinajstić information content (AvgIpc) is 2.67. The van der Waals surface area contributed by atoms with Crippen LogP contribution in [0, 0.1) is 13.8 Å². The van der Waals surface area contributed by atoms with Gasteiger partial charge in [0.25, 0.3) is 0 Å². The molecule has 0 spiro atoms. The standard InChI is InChI=1S/C14H15NO3/c1-8-6-11(9(2)18-8)14(16)10-4-5-13(17-3)12(15)7-10/h4-7H,15H2,1-3H3. The molecule has 0 amide bonds. The molecule has 4 nitrogen and oxygen atoms in total. The fourth-order valence-corrected chi connectivity index (χ4v) is 1.89. The summed E-state index contributed by atoms with van der Waals surface area (Å²) in [5.41, 5.74) is 7.33. The number of furan rings is 1. The molecule has 2 N–H and O–H groups in total. The van der Waals surface area contributed by atoms with Crippen LogP contribution in [0.15, 0.2) is 28.7 Å². The van der Waals surface area contributed by atoms with Crippen LogP contribution in [0.3, 0.4) is 0 Å². The average molecular weight is 245 g/mol. The zero-order chi connectivity index (χ0) is 13.3. The van der Waals surface area contributed by atoms with E-state index in [4.69, 9.17) is 14.9 Å². The van der Waals surface area contributed by atoms with E-state index >= 15 is 0 Å². The Morgan fingerprint density at radius 3 is 2.50 bits per heavy atom. The summed E-state index contributed by atoms with van der Waals surface area (Å²) in [7, 11) is 1.54. The molecule has 18 heavy (non-hydrogen) atoms. The van der Waals surface area contributed by atoms with Crippen LogP contribution in [-0.4, -0.2) is 12.9 Å². The van der Waals surface area contributed by atoms with Crippen molar-refractivity contribution in [1.29, 1.82) is 0 Å². The first-order valence-corrected chi connectivity index (χ1v) is 5.58. The van der Waals surface area contributed by atoms with Gasteiger partial charge in [-0.2, -0.15) is 0 Å². The summed E-state index contributed by atoms with van der Waals surface area (Å²) < 4.78 is 10.4. The Morgan fingerprint density at radius 2 is 2.00 bits per heavy atom. The third kappa shape index (κ3) is 2.09. The van der Waals surface area contributed by atoms with E-state index in [0.717, 1.165) is 5.76 Å². The highest BCUT2D eigenvalue weighted by atomic mass is 16.5. The minimum atomic E-state index is -0.0984. The van der Waals surface area contributed by atoms with Crippen molar-refractivity contribution in [2.75, 3.05) is 12.8 Å². The molecule has 2 aromatic rings. The number of carbonyl (C=O) groups excluding carboxylic acids is 1. The smallest absolute Gasteiger partial charge is 0.196 e. The molecule has 0 saturated carbocycles. The van der Waals surface area contributed by atoms with Crippen LogP contribution in [0.4, 0.5) is 5.69 Å². The summed E-state index contributed by atoms with van der Waals surface area (Å²) in [6, 6.07) is 6.73. The van der Waals surface area contributed by atoms with Crippen molar-refractivity contribution in [2.45, 2.75) is 13.8 Å². The Bertz CT molecular complexity index is 599. The zero-order valence-electron chi connectivity index (χ0n) is 10.6. The van der Waals surface area contributed by atoms with Gasteiger partial charge in [0.15, 0.2) is 5.78 Å². The number of nitrogens with two attached hydrogens (primary N) is 1. The predicted molar refractivity (Wildman–Crippen MR) is 69.0 cm³/mol. The van der Waals surface area contributed by atoms with Gasteiger partial charge in [0, 0.05) is 5.56 Å². The highest BCUT2D eigenvalue weighted by Gasteiger charge is 2.16. The second-order valence-electron chi connectivity index (χ2n) is 4.11. The van der Waals surface area contributed by atoms with Gasteiger partial charge in [-0.3, -0.25) is 4.79 Å². The lowest BCUT2D eigenvalue weighted by atomic mass is 10.0. The number of carbonyl (C=O) groups is 1. The minimum absolute atomic E-state index is 0.0984. The third-order valence-corrected chi connectivity index (χ3v) is 2.78. The highest BCUT2D eigenvalue weighted by Crippen LogP contribution is 2.25. The number of aryl methyl sites for hydroxylation is 2. The van der Waals surface area contributed by atoms with Crippen LogP contribution >= 0.6 is 0 Å². The van der Waals surface area contributed by atoms with Gasteiger partial charge in [0.2, 0.25) is 0 Å². The minimum Gasteiger partial charge on any atom is -0.495 e. The lowest BCUT2D eigenvalue weighted by Crippen LogP contribution is -2.03. The van der Waals surface area contributed by atoms with E-state index in [0.29, 0.717) is 28.3 Å². The molecule has 0 aliphatic heterocycles. The topological polar surface area (TPSA) is 65.5 Å². The molecule has 0 atom stereocenters. The lowest BCUT2D eigenvalue weighted by molar-refractivity contribution is 0.103. The lowest BCUT2D eigenvalue weighted by Gasteiger charge is -2.06. The van der Waals surface area contributed by atoms with E-state index in [-0.39, 0.29) is 5.78 Å². The number of ketones is 1. The summed E-state index contributed by atoms with van der Waals surface area (Å²) in [6.07, 6.45) is 0. The zero-order valence-corrected chi connectivity index (χ0v) is 10.6. The Labute approximate surface area is 105 Å². The number of methoxy groups -OCH3 is 1. The summed E-state index contributed by atoms with van der Waals surface area (Å²) in [5.74, 6) is 1.80. The number of nitrogen functional groups attached to an aromatic ring is 1. The van der Waals surface area contributed by atoms with Gasteiger partial charge in [0.05, 0.1) is 18.4 Å². The molecule has 0 radical (unpaired) electrons. The molecule has 4 heteroatoms. The molecular formula is C14H15NO3. The first-order chi connectivity index (χ1) is 8.52. The van der Waals surface area contributed by atoms with Crippen LogP contribution in [0.1, 0.15) is 27.4 Å². The Balaban J connectivity index is 2.40. The van der Waals surface area contributed by atoms with Gasteiger partial charge < -0.3 is 14.9 Å². The van der Waals surface area contributed by atoms with Gasteiger partial charge in [-0.15, -0.1) is 0 Å². The highest BCUT2D eigenvalue weighted by molar-refractivity contribution is 6.10. The van der Waals surface area contributed by atoms with E-state index < -0.39 is 0 Å². The normalized spacial score (nSPS) is 10.4. The van der Waals surface area contributed by atoms with Crippen LogP contribution < -0.4 is 10.5 Å². The first kappa shape index (κ1) is 12.2. The van der Waals surface area contributed by atoms with Crippen LogP contribution in [0.25, 0.3) is 0 Å². The van der Waals surface area contributed by atoms with Crippen molar-refractivity contribution < 1.29 is 13.9 Å². The molecule has 2 rings (SSSR count). The Hall–Kier alpha value is -2.23. The van der Waals surface area contributed by atoms with Crippen molar-refractivity contribution in [3.05, 3.63) is 46.9 Å². The van der Waals surface area contributed by atoms with E-state index in [2.05, 4.69) is 0 Å². The molecule has 0 aliphatic rings. The van der Waals surface area contributed by atoms with Crippen molar-refractivity contribution in [3.8, 4) is 5.75 Å². The van der Waals surface area contributed by atoms with Crippen LogP contribution in [0.2, 0.25) is 0 Å². The number of hydrogen-bond donors (Lipinski definition) is 1. The van der Waals surface area contributed by atoms with Crippen molar-refractivity contribution in [2.24, 2.45) is 0 Å². The van der Waals surface area contributed by atoms with Gasteiger partial charge in [0.1, 0.15) is 17.3 Å². The molecule has 0 bridgehead atoms. The first-order valence-electron chi connectivity index (χ1n) is 5.58. The van der Waals surface area contributed by atoms with Crippen LogP contribution in [-0.2, 0) is 0 Å². The summed E-state index contributed by atoms with van der Waals surface area (Å²) in [4.78, 5) is 12.3. The molecular weight excluding hydrogens is 230 g/mol. The summed E-state index contributed by atoms with van der Waals surface area (Å²) in [5, 5.41) is 0. The fraction of sp³-hybridized carbons (Fsp3) is 0.214. The molecule has 0 unspecified atom stereocenters. The molecule has 0 aliphatic carbocycles. The predicted octanol–water partition coefficient (Wildman–Crippen LogP) is 2.72. The summed E-state index contributed by atoms with van der Waals surface area (Å²) in [6.45, 7) is 3.58. The number of anilines is 1. The van der Waals surface area contributed by atoms with E-state index in [1.165, 1.54) is 7.11 Å². The van der Waals surface area contributed by atoms with Gasteiger partial charge in [-0.25, -0.2) is 0 Å². The SMILES string of the molecule is COc1ccc(C(=O)c2cc(C)oc2C)cc1N. The molecule has 94 valence electrons. The second-order valence-corrected chi connectivity index (χ2v) is 4.11. The number of ether oxygens (including phenoxy) is 1. The van der Waals surface area contributed by atoms with Gasteiger partial charge in [-0.1, -0.05) is 0 Å². The third-order valence-electron chi connectivity index (χ3n) is 2.78.